The van der Waals surface area contributed by atoms with E-state index in [2.05, 4.69) is 17.6 Å². The number of benzene rings is 2. The number of hydrogen-bond acceptors (Lipinski definition) is 7. The molecule has 0 fully saturated rings. The molecule has 4 rings (SSSR count). The third kappa shape index (κ3) is 9.52. The first-order valence-electron chi connectivity index (χ1n) is 16.4. The van der Waals surface area contributed by atoms with Crippen molar-refractivity contribution in [2.24, 2.45) is 11.1 Å². The molecule has 51 heavy (non-hydrogen) atoms. The number of nitrogens with zero attached hydrogens (tertiary/aromatic N) is 3. The molecule has 5 amide bonds. The van der Waals surface area contributed by atoms with E-state index in [4.69, 9.17) is 5.73 Å². The fourth-order valence-electron chi connectivity index (χ4n) is 5.98. The number of imide groups is 1. The van der Waals surface area contributed by atoms with Crippen molar-refractivity contribution >= 4 is 29.5 Å². The highest BCUT2D eigenvalue weighted by Gasteiger charge is 2.35. The Balaban J connectivity index is 1.50. The molecule has 272 valence electrons. The molecule has 0 spiro atoms. The molecule has 1 aromatic heterocycles. The second kappa shape index (κ2) is 16.7. The van der Waals surface area contributed by atoms with Gasteiger partial charge in [-0.3, -0.25) is 28.9 Å². The van der Waals surface area contributed by atoms with Gasteiger partial charge in [-0.15, -0.1) is 5.41 Å². The van der Waals surface area contributed by atoms with Gasteiger partial charge in [0, 0.05) is 61.3 Å². The molecule has 2 aromatic carbocycles. The summed E-state index contributed by atoms with van der Waals surface area (Å²) in [5.74, 6) is -4.24. The Kier molecular flexibility index (Phi) is 12.6. The Bertz CT molecular complexity index is 1770. The Morgan fingerprint density at radius 3 is 2.22 bits per heavy atom. The number of hydrogen-bond donors (Lipinski definition) is 4. The number of aromatic nitrogens is 1. The highest BCUT2D eigenvalue weighted by Crippen LogP contribution is 2.41. The highest BCUT2D eigenvalue weighted by molar-refractivity contribution is 6.15. The van der Waals surface area contributed by atoms with Gasteiger partial charge in [0.05, 0.1) is 12.1 Å². The van der Waals surface area contributed by atoms with Crippen molar-refractivity contribution < 1.29 is 37.9 Å². The van der Waals surface area contributed by atoms with Gasteiger partial charge in [-0.1, -0.05) is 44.2 Å². The van der Waals surface area contributed by atoms with Gasteiger partial charge >= 0.3 is 0 Å². The van der Waals surface area contributed by atoms with Crippen LogP contribution in [0.5, 0.6) is 0 Å². The van der Waals surface area contributed by atoms with E-state index in [9.17, 15) is 37.9 Å². The van der Waals surface area contributed by atoms with E-state index in [0.717, 1.165) is 40.8 Å². The number of aliphatic hydroxyl groups is 1. The highest BCUT2D eigenvalue weighted by atomic mass is 19.1. The van der Waals surface area contributed by atoms with Gasteiger partial charge in [0.1, 0.15) is 24.3 Å². The summed E-state index contributed by atoms with van der Waals surface area (Å²) in [4.78, 5) is 64.6. The lowest BCUT2D eigenvalue weighted by molar-refractivity contribution is -0.144. The zero-order valence-corrected chi connectivity index (χ0v) is 28.8. The number of halogens is 2. The lowest BCUT2D eigenvalue weighted by Gasteiger charge is -2.45. The van der Waals surface area contributed by atoms with Crippen molar-refractivity contribution in [1.29, 1.82) is 0 Å². The fourth-order valence-corrected chi connectivity index (χ4v) is 5.98. The van der Waals surface area contributed by atoms with E-state index >= 15 is 0 Å². The van der Waals surface area contributed by atoms with E-state index in [-0.39, 0.29) is 31.6 Å². The van der Waals surface area contributed by atoms with E-state index in [0.29, 0.717) is 17.8 Å². The average Bonchev–Trinajstić information content (AvgIpc) is 3.65. The fraction of sp³-hybridized carbons (Fsp3) is 0.351. The molecule has 0 radical (unpaired) electrons. The van der Waals surface area contributed by atoms with Gasteiger partial charge in [-0.25, -0.2) is 8.78 Å². The average molecular weight is 706 g/mol. The minimum atomic E-state index is -1.10. The molecule has 0 saturated heterocycles. The van der Waals surface area contributed by atoms with Crippen molar-refractivity contribution in [3.8, 4) is 11.1 Å². The van der Waals surface area contributed by atoms with Crippen LogP contribution in [0, 0.1) is 24.0 Å². The van der Waals surface area contributed by atoms with E-state index in [1.165, 1.54) is 11.8 Å². The number of carbonyl (C=O) groups is 5. The second-order valence-corrected chi connectivity index (χ2v) is 13.1. The van der Waals surface area contributed by atoms with Crippen LogP contribution >= 0.6 is 0 Å². The van der Waals surface area contributed by atoms with Gasteiger partial charge in [-0.2, -0.15) is 0 Å². The molecular formula is C37H43F2N6O6-. The molecule has 3 aromatic rings. The Morgan fingerprint density at radius 2 is 1.61 bits per heavy atom. The number of nitrogens with two attached hydrogens (primary N) is 1. The summed E-state index contributed by atoms with van der Waals surface area (Å²) in [6.45, 7) is 8.69. The Labute approximate surface area is 295 Å². The summed E-state index contributed by atoms with van der Waals surface area (Å²) in [5, 5.41) is 15.2. The minimum absolute atomic E-state index is 0.00856. The quantitative estimate of drug-likeness (QED) is 0.101. The molecule has 1 aliphatic rings. The summed E-state index contributed by atoms with van der Waals surface area (Å²) in [7, 11) is 0. The zero-order valence-electron chi connectivity index (χ0n) is 28.8. The second-order valence-electron chi connectivity index (χ2n) is 13.1. The number of nitrogens with one attached hydrogen (secondary N) is 2. The lowest BCUT2D eigenvalue weighted by atomic mass is 9.82. The van der Waals surface area contributed by atoms with Gasteiger partial charge < -0.3 is 37.9 Å². The molecule has 12 nitrogen and oxygen atoms in total. The largest absolute Gasteiger partial charge is 0.387 e. The maximum atomic E-state index is 15.0. The normalized spacial score (nSPS) is 14.7. The number of aliphatic hydroxyl groups excluding tert-OH is 1. The van der Waals surface area contributed by atoms with Crippen molar-refractivity contribution in [3.63, 3.8) is 0 Å². The first-order chi connectivity index (χ1) is 24.1. The van der Waals surface area contributed by atoms with Gasteiger partial charge in [-0.05, 0) is 43.2 Å². The lowest BCUT2D eigenvalue weighted by Crippen LogP contribution is -2.50. The number of amides is 5. The summed E-state index contributed by atoms with van der Waals surface area (Å²) >= 11 is 0. The number of carbonyl (C=O) groups excluding carboxylic acids is 5. The molecule has 3 atom stereocenters. The molecule has 0 bridgehead atoms. The monoisotopic (exact) mass is 705 g/mol. The topological polar surface area (TPSA) is 167 Å². The molecule has 1 aliphatic heterocycles. The van der Waals surface area contributed by atoms with Crippen LogP contribution in [-0.4, -0.2) is 87.3 Å². The first-order valence-corrected chi connectivity index (χ1v) is 16.4. The zero-order chi connectivity index (χ0) is 37.5. The summed E-state index contributed by atoms with van der Waals surface area (Å²) in [6, 6.07) is 11.3. The third-order valence-electron chi connectivity index (χ3n) is 8.50. The molecule has 0 aliphatic carbocycles. The molecule has 14 heteroatoms. The van der Waals surface area contributed by atoms with Crippen LogP contribution in [-0.2, 0) is 30.5 Å². The minimum Gasteiger partial charge on any atom is -0.387 e. The molecular weight excluding hydrogens is 662 g/mol. The van der Waals surface area contributed by atoms with Crippen LogP contribution in [0.15, 0.2) is 72.9 Å². The molecule has 5 N–H and O–H groups in total. The Hall–Kier alpha value is -5.21. The predicted octanol–water partition coefficient (Wildman–Crippen LogP) is 2.47. The maximum absolute atomic E-state index is 15.0. The molecule has 2 heterocycles. The van der Waals surface area contributed by atoms with E-state index in [1.807, 2.05) is 34.9 Å². The van der Waals surface area contributed by atoms with Crippen LogP contribution in [0.25, 0.3) is 11.1 Å². The predicted molar refractivity (Wildman–Crippen MR) is 185 cm³/mol. The standard InChI is InChI=1S/C37H43F2N6O6/c1-23(45-31(47)12-13-32(45)48)35(50)41-15-16-42-36(51)29(40)14-17-44(33(49)22-46)34(37(2,3)4)30-18-25(27-19-26(38)10-11-28(27)39)21-43(30)20-24-8-6-5-7-9-24/h5-13,18-19,21,23,29,34,46H,2,14-17,20,22,40H2,1,3-4H3,(H,41,50)(H,42,51)/q-1/t23-,29+,34?/m1/s1. The van der Waals surface area contributed by atoms with Crippen LogP contribution in [0.3, 0.4) is 0 Å². The van der Waals surface area contributed by atoms with Crippen molar-refractivity contribution in [3.05, 3.63) is 103 Å². The summed E-state index contributed by atoms with van der Waals surface area (Å²) in [6.07, 6.45) is 3.81. The van der Waals surface area contributed by atoms with E-state index in [1.54, 1.807) is 26.1 Å². The van der Waals surface area contributed by atoms with Gasteiger partial charge in [0.25, 0.3) is 11.8 Å². The molecule has 1 unspecified atom stereocenters. The Morgan fingerprint density at radius 1 is 0.980 bits per heavy atom. The van der Waals surface area contributed by atoms with Crippen LogP contribution in [0.2, 0.25) is 0 Å². The van der Waals surface area contributed by atoms with Gasteiger partial charge in [0.2, 0.25) is 17.7 Å². The van der Waals surface area contributed by atoms with Crippen LogP contribution in [0.4, 0.5) is 8.78 Å². The maximum Gasteiger partial charge on any atom is 0.254 e. The first kappa shape index (κ1) is 38.6. The van der Waals surface area contributed by atoms with Gasteiger partial charge in [0.15, 0.2) is 0 Å². The summed E-state index contributed by atoms with van der Waals surface area (Å²) < 4.78 is 31.1. The SMILES string of the molecule is [CH2-]C(C)(C)C(c1cc(-c2cc(F)ccc2F)cn1Cc1ccccc1)N(CC[C@H](N)C(=O)NCCNC(=O)[C@@H](C)N1C(=O)C=CC1=O)C(=O)CO. The van der Waals surface area contributed by atoms with Crippen LogP contribution < -0.4 is 16.4 Å². The summed E-state index contributed by atoms with van der Waals surface area (Å²) in [5.41, 5.74) is 7.15. The van der Waals surface area contributed by atoms with Crippen molar-refractivity contribution in [2.75, 3.05) is 26.2 Å². The van der Waals surface area contributed by atoms with Crippen molar-refractivity contribution in [1.82, 2.24) is 25.0 Å². The van der Waals surface area contributed by atoms with E-state index < -0.39 is 71.3 Å². The number of rotatable bonds is 16. The van der Waals surface area contributed by atoms with Crippen LogP contribution in [0.1, 0.15) is 44.5 Å². The molecule has 0 saturated carbocycles. The third-order valence-corrected chi connectivity index (χ3v) is 8.50. The smallest absolute Gasteiger partial charge is 0.254 e. The van der Waals surface area contributed by atoms with Crippen molar-refractivity contribution in [2.45, 2.75) is 51.9 Å².